The number of hydrogen-bond acceptors (Lipinski definition) is 4. The normalized spacial score (nSPS) is 13.0. The number of urea groups is 1. The Balaban J connectivity index is 1.98. The molecule has 3 aromatic rings. The molecular formula is C18H15Cl2N3O3S. The lowest BCUT2D eigenvalue weighted by Crippen LogP contribution is -2.11. The maximum atomic E-state index is 12.8. The molecule has 0 unspecified atom stereocenters. The highest BCUT2D eigenvalue weighted by Gasteiger charge is 2.22. The van der Waals surface area contributed by atoms with Gasteiger partial charge in [-0.25, -0.2) is 9.00 Å². The van der Waals surface area contributed by atoms with Crippen molar-refractivity contribution in [1.82, 2.24) is 5.16 Å². The number of nitrogens with one attached hydrogen (secondary N) is 1. The van der Waals surface area contributed by atoms with Gasteiger partial charge in [0.15, 0.2) is 5.76 Å². The first-order valence-electron chi connectivity index (χ1n) is 7.78. The Kier molecular flexibility index (Phi) is 5.55. The Morgan fingerprint density at radius 2 is 1.74 bits per heavy atom. The minimum Gasteiger partial charge on any atom is -0.359 e. The van der Waals surface area contributed by atoms with Crippen molar-refractivity contribution in [1.29, 1.82) is 0 Å². The van der Waals surface area contributed by atoms with E-state index in [1.54, 1.807) is 55.5 Å². The SMILES string of the molecule is Cc1onc(-c2c(Cl)cccc2Cl)c1NC(=O)N=[S@@](C)(=O)c1ccccc1. The highest BCUT2D eigenvalue weighted by atomic mass is 35.5. The van der Waals surface area contributed by atoms with Crippen molar-refractivity contribution in [3.8, 4) is 11.3 Å². The van der Waals surface area contributed by atoms with Crippen LogP contribution in [0.1, 0.15) is 5.76 Å². The summed E-state index contributed by atoms with van der Waals surface area (Å²) in [4.78, 5) is 12.9. The van der Waals surface area contributed by atoms with Crippen LogP contribution in [0.4, 0.5) is 10.5 Å². The number of halogens is 2. The van der Waals surface area contributed by atoms with Crippen LogP contribution in [0, 0.1) is 6.92 Å². The Labute approximate surface area is 166 Å². The number of aryl methyl sites for hydroxylation is 1. The van der Waals surface area contributed by atoms with Gasteiger partial charge in [-0.1, -0.05) is 52.6 Å². The number of anilines is 1. The highest BCUT2D eigenvalue weighted by molar-refractivity contribution is 7.93. The first kappa shape index (κ1) is 19.4. The summed E-state index contributed by atoms with van der Waals surface area (Å²) < 4.78 is 21.8. The molecule has 2 amide bonds. The van der Waals surface area contributed by atoms with E-state index in [0.717, 1.165) is 0 Å². The zero-order valence-corrected chi connectivity index (χ0v) is 16.7. The molecule has 6 nitrogen and oxygen atoms in total. The lowest BCUT2D eigenvalue weighted by molar-refractivity contribution is 0.260. The molecule has 3 rings (SSSR count). The van der Waals surface area contributed by atoms with Crippen LogP contribution in [0.5, 0.6) is 0 Å². The summed E-state index contributed by atoms with van der Waals surface area (Å²) in [5.41, 5.74) is 0.962. The molecule has 1 aromatic heterocycles. The van der Waals surface area contributed by atoms with Gasteiger partial charge < -0.3 is 9.84 Å². The summed E-state index contributed by atoms with van der Waals surface area (Å²) in [6, 6.07) is 12.8. The maximum absolute atomic E-state index is 12.8. The molecule has 1 heterocycles. The van der Waals surface area contributed by atoms with Gasteiger partial charge in [0.05, 0.1) is 19.8 Å². The Morgan fingerprint density at radius 1 is 1.11 bits per heavy atom. The molecule has 1 N–H and O–H groups in total. The van der Waals surface area contributed by atoms with E-state index in [9.17, 15) is 9.00 Å². The van der Waals surface area contributed by atoms with Crippen molar-refractivity contribution < 1.29 is 13.5 Å². The van der Waals surface area contributed by atoms with Gasteiger partial charge in [-0.15, -0.1) is 4.36 Å². The molecule has 2 aromatic carbocycles. The number of amides is 2. The maximum Gasteiger partial charge on any atom is 0.354 e. The van der Waals surface area contributed by atoms with E-state index in [4.69, 9.17) is 27.7 Å². The van der Waals surface area contributed by atoms with Crippen molar-refractivity contribution in [2.45, 2.75) is 11.8 Å². The molecule has 9 heteroatoms. The third-order valence-electron chi connectivity index (χ3n) is 3.73. The molecule has 140 valence electrons. The second-order valence-electron chi connectivity index (χ2n) is 5.70. The second-order valence-corrected chi connectivity index (χ2v) is 8.77. The summed E-state index contributed by atoms with van der Waals surface area (Å²) >= 11 is 12.4. The number of benzene rings is 2. The number of carbonyl (C=O) groups is 1. The van der Waals surface area contributed by atoms with Crippen molar-refractivity contribution in [2.24, 2.45) is 4.36 Å². The Hall–Kier alpha value is -2.35. The van der Waals surface area contributed by atoms with Crippen LogP contribution < -0.4 is 5.32 Å². The number of nitrogens with zero attached hydrogens (tertiary/aromatic N) is 2. The van der Waals surface area contributed by atoms with Gasteiger partial charge in [-0.3, -0.25) is 0 Å². The highest BCUT2D eigenvalue weighted by Crippen LogP contribution is 2.39. The molecule has 0 saturated heterocycles. The van der Waals surface area contributed by atoms with Gasteiger partial charge in [0.1, 0.15) is 11.4 Å². The van der Waals surface area contributed by atoms with Crippen LogP contribution in [-0.4, -0.2) is 21.7 Å². The molecule has 0 spiro atoms. The Morgan fingerprint density at radius 3 is 2.37 bits per heavy atom. The minimum atomic E-state index is -2.91. The first-order chi connectivity index (χ1) is 12.8. The monoisotopic (exact) mass is 423 g/mol. The number of rotatable bonds is 3. The van der Waals surface area contributed by atoms with Crippen LogP contribution in [0.3, 0.4) is 0 Å². The fraction of sp³-hybridized carbons (Fsp3) is 0.111. The van der Waals surface area contributed by atoms with Gasteiger partial charge in [-0.2, -0.15) is 0 Å². The van der Waals surface area contributed by atoms with Crippen molar-refractivity contribution >= 4 is 44.6 Å². The van der Waals surface area contributed by atoms with E-state index in [0.29, 0.717) is 26.3 Å². The summed E-state index contributed by atoms with van der Waals surface area (Å²) in [7, 11) is -2.91. The van der Waals surface area contributed by atoms with Gasteiger partial charge in [0.2, 0.25) is 0 Å². The van der Waals surface area contributed by atoms with Gasteiger partial charge >= 0.3 is 6.03 Å². The molecule has 0 aliphatic carbocycles. The predicted octanol–water partition coefficient (Wildman–Crippen LogP) is 5.65. The third kappa shape index (κ3) is 4.16. The zero-order valence-electron chi connectivity index (χ0n) is 14.4. The van der Waals surface area contributed by atoms with E-state index in [1.165, 1.54) is 6.26 Å². The first-order valence-corrected chi connectivity index (χ1v) is 10.5. The van der Waals surface area contributed by atoms with Crippen LogP contribution in [0.25, 0.3) is 11.3 Å². The quantitative estimate of drug-likeness (QED) is 0.589. The number of hydrogen-bond donors (Lipinski definition) is 1. The van der Waals surface area contributed by atoms with Gasteiger partial charge in [-0.05, 0) is 31.2 Å². The average molecular weight is 424 g/mol. The van der Waals surface area contributed by atoms with Crippen molar-refractivity contribution in [2.75, 3.05) is 11.6 Å². The van der Waals surface area contributed by atoms with Crippen molar-refractivity contribution in [3.63, 3.8) is 0 Å². The smallest absolute Gasteiger partial charge is 0.354 e. The lowest BCUT2D eigenvalue weighted by Gasteiger charge is -2.08. The second kappa shape index (κ2) is 7.72. The van der Waals surface area contributed by atoms with Crippen molar-refractivity contribution in [3.05, 3.63) is 64.3 Å². The molecule has 1 atom stereocenters. The lowest BCUT2D eigenvalue weighted by atomic mass is 10.1. The van der Waals surface area contributed by atoms with Gasteiger partial charge in [0, 0.05) is 16.7 Å². The van der Waals surface area contributed by atoms with E-state index in [2.05, 4.69) is 14.8 Å². The fourth-order valence-corrected chi connectivity index (χ4v) is 4.13. The third-order valence-corrected chi connectivity index (χ3v) is 6.02. The van der Waals surface area contributed by atoms with Crippen LogP contribution in [0.2, 0.25) is 10.0 Å². The van der Waals surface area contributed by atoms with E-state index in [1.807, 2.05) is 0 Å². The van der Waals surface area contributed by atoms with E-state index >= 15 is 0 Å². The van der Waals surface area contributed by atoms with E-state index in [-0.39, 0.29) is 11.4 Å². The number of carbonyl (C=O) groups excluding carboxylic acids is 1. The number of aromatic nitrogens is 1. The molecule has 0 fully saturated rings. The summed E-state index contributed by atoms with van der Waals surface area (Å²) in [6.45, 7) is 1.62. The largest absolute Gasteiger partial charge is 0.359 e. The molecular weight excluding hydrogens is 409 g/mol. The minimum absolute atomic E-state index is 0.266. The zero-order chi connectivity index (χ0) is 19.6. The van der Waals surface area contributed by atoms with Crippen LogP contribution >= 0.6 is 23.2 Å². The molecule has 0 radical (unpaired) electrons. The summed E-state index contributed by atoms with van der Waals surface area (Å²) in [5, 5.41) is 7.23. The average Bonchev–Trinajstić information content (AvgIpc) is 2.96. The Bertz CT molecular complexity index is 1100. The van der Waals surface area contributed by atoms with E-state index < -0.39 is 15.8 Å². The van der Waals surface area contributed by atoms with Crippen LogP contribution in [0.15, 0.2) is 62.3 Å². The molecule has 0 bridgehead atoms. The summed E-state index contributed by atoms with van der Waals surface area (Å²) in [5.74, 6) is 0.340. The fourth-order valence-electron chi connectivity index (χ4n) is 2.43. The molecule has 0 aliphatic rings. The topological polar surface area (TPSA) is 84.6 Å². The standard InChI is InChI=1S/C18H15Cl2N3O3S/c1-11-16(17(22-26-11)15-13(19)9-6-10-14(15)20)21-18(24)23-27(2,25)12-7-4-3-5-8-12/h3-10H,1-2H3,(H,21,24)/t27-/m0/s1. The molecule has 0 saturated carbocycles. The predicted molar refractivity (Wildman–Crippen MR) is 107 cm³/mol. The van der Waals surface area contributed by atoms with Crippen LogP contribution in [-0.2, 0) is 9.73 Å². The van der Waals surface area contributed by atoms with Gasteiger partial charge in [0.25, 0.3) is 0 Å². The molecule has 0 aliphatic heterocycles. The summed E-state index contributed by atoms with van der Waals surface area (Å²) in [6.07, 6.45) is 1.40. The molecule has 27 heavy (non-hydrogen) atoms.